The van der Waals surface area contributed by atoms with Gasteiger partial charge in [0.05, 0.1) is 17.2 Å². The maximum Gasteiger partial charge on any atom is 0.130 e. The van der Waals surface area contributed by atoms with Crippen LogP contribution in [0.1, 0.15) is 11.1 Å². The van der Waals surface area contributed by atoms with Crippen molar-refractivity contribution in [1.82, 2.24) is 9.97 Å². The number of furan rings is 1. The molecule has 0 aliphatic heterocycles. The third-order valence-electron chi connectivity index (χ3n) is 9.02. The van der Waals surface area contributed by atoms with Crippen LogP contribution in [0, 0.1) is 30.4 Å². The Labute approximate surface area is 322 Å². The molecule has 9 aromatic rings. The molecule has 3 aromatic heterocycles. The van der Waals surface area contributed by atoms with Gasteiger partial charge in [-0.3, -0.25) is 0 Å². The van der Waals surface area contributed by atoms with E-state index in [1.54, 1.807) is 6.20 Å². The van der Waals surface area contributed by atoms with Gasteiger partial charge < -0.3 is 14.4 Å². The summed E-state index contributed by atoms with van der Waals surface area (Å²) in [6.07, 6.45) is 3.64. The minimum absolute atomic E-state index is 0. The summed E-state index contributed by atoms with van der Waals surface area (Å²) in [5, 5.41) is 12.0. The molecule has 4 nitrogen and oxygen atoms in total. The number of nitrogens with zero attached hydrogens (tertiary/aromatic N) is 3. The molecule has 3 heterocycles. The SMILES string of the molecule is Cc1ccc(-c2[c-]cccc2)nc1.N#Cc1ccc2c(oc3c(-c4ccccn4)[c-]ccc32)c1-c1cccc(-c2ccc(-c3ccccc3)cc2)c1.[Ir]. The van der Waals surface area contributed by atoms with Gasteiger partial charge in [-0.15, -0.1) is 54.1 Å². The topological polar surface area (TPSA) is 62.7 Å². The molecule has 0 saturated carbocycles. The molecule has 9 rings (SSSR count). The second kappa shape index (κ2) is 15.8. The van der Waals surface area contributed by atoms with Crippen LogP contribution in [0.3, 0.4) is 0 Å². The number of fused-ring (bicyclic) bond motifs is 3. The summed E-state index contributed by atoms with van der Waals surface area (Å²) < 4.78 is 6.55. The minimum Gasteiger partial charge on any atom is -0.500 e. The fourth-order valence-electron chi connectivity index (χ4n) is 6.41. The largest absolute Gasteiger partial charge is 0.500 e. The maximum absolute atomic E-state index is 10.1. The van der Waals surface area contributed by atoms with E-state index in [0.717, 1.165) is 61.1 Å². The van der Waals surface area contributed by atoms with Crippen LogP contribution < -0.4 is 0 Å². The Morgan fingerprint density at radius 2 is 1.28 bits per heavy atom. The zero-order valence-electron chi connectivity index (χ0n) is 28.7. The third-order valence-corrected chi connectivity index (χ3v) is 9.02. The number of hydrogen-bond donors (Lipinski definition) is 0. The molecular formula is C48H31IrN3O-2. The van der Waals surface area contributed by atoms with E-state index in [0.29, 0.717) is 11.1 Å². The van der Waals surface area contributed by atoms with Crippen molar-refractivity contribution in [3.63, 3.8) is 0 Å². The van der Waals surface area contributed by atoms with Crippen LogP contribution >= 0.6 is 0 Å². The van der Waals surface area contributed by atoms with Gasteiger partial charge >= 0.3 is 0 Å². The number of aromatic nitrogens is 2. The van der Waals surface area contributed by atoms with Crippen molar-refractivity contribution >= 4 is 21.9 Å². The van der Waals surface area contributed by atoms with Crippen LogP contribution in [-0.2, 0) is 20.1 Å². The van der Waals surface area contributed by atoms with Gasteiger partial charge in [0.25, 0.3) is 0 Å². The molecule has 0 unspecified atom stereocenters. The molecule has 0 atom stereocenters. The minimum atomic E-state index is 0. The first kappa shape index (κ1) is 35.0. The average molecular weight is 858 g/mol. The summed E-state index contributed by atoms with van der Waals surface area (Å²) in [6, 6.07) is 61.6. The first-order chi connectivity index (χ1) is 25.7. The Kier molecular flexibility index (Phi) is 10.5. The smallest absolute Gasteiger partial charge is 0.130 e. The molecule has 0 N–H and O–H groups in total. The van der Waals surface area contributed by atoms with Crippen molar-refractivity contribution in [2.75, 3.05) is 0 Å². The molecule has 0 aliphatic carbocycles. The predicted molar refractivity (Wildman–Crippen MR) is 210 cm³/mol. The predicted octanol–water partition coefficient (Wildman–Crippen LogP) is 12.2. The van der Waals surface area contributed by atoms with Crippen LogP contribution in [0.5, 0.6) is 0 Å². The number of aryl methyl sites for hydroxylation is 1. The quantitative estimate of drug-likeness (QED) is 0.162. The molecule has 255 valence electrons. The van der Waals surface area contributed by atoms with Gasteiger partial charge in [-0.25, -0.2) is 0 Å². The summed E-state index contributed by atoms with van der Waals surface area (Å²) in [4.78, 5) is 8.83. The standard InChI is InChI=1S/C36H21N2O.C12H10N.Ir/c37-23-29-19-20-31-30-12-7-13-32(33-14-4-5-21-38-33)35(30)39-36(31)34(29)28-11-6-10-27(22-28)26-17-15-25(16-18-26)24-8-2-1-3-9-24;1-10-7-8-12(13-9-10)11-5-3-2-4-6-11;/h1-12,14-22H;2-5,7-9H,1H3;/q2*-1;. The van der Waals surface area contributed by atoms with Gasteiger partial charge in [0.1, 0.15) is 5.58 Å². The summed E-state index contributed by atoms with van der Waals surface area (Å²) >= 11 is 0. The van der Waals surface area contributed by atoms with Crippen molar-refractivity contribution < 1.29 is 24.5 Å². The second-order valence-electron chi connectivity index (χ2n) is 12.4. The molecule has 0 saturated heterocycles. The number of benzene rings is 6. The molecule has 0 bridgehead atoms. The van der Waals surface area contributed by atoms with Crippen molar-refractivity contribution in [2.45, 2.75) is 6.92 Å². The zero-order chi connectivity index (χ0) is 35.3. The van der Waals surface area contributed by atoms with E-state index in [1.807, 2.05) is 104 Å². The summed E-state index contributed by atoms with van der Waals surface area (Å²) in [5.41, 5.74) is 13.1. The van der Waals surface area contributed by atoms with E-state index in [1.165, 1.54) is 16.7 Å². The van der Waals surface area contributed by atoms with E-state index in [-0.39, 0.29) is 20.1 Å². The summed E-state index contributed by atoms with van der Waals surface area (Å²) in [6.45, 7) is 2.03. The van der Waals surface area contributed by atoms with E-state index < -0.39 is 0 Å². The fraction of sp³-hybridized carbons (Fsp3) is 0.0208. The van der Waals surface area contributed by atoms with Gasteiger partial charge in [0.2, 0.25) is 0 Å². The second-order valence-corrected chi connectivity index (χ2v) is 12.4. The number of nitriles is 1. The normalized spacial score (nSPS) is 10.6. The Morgan fingerprint density at radius 1 is 0.566 bits per heavy atom. The van der Waals surface area contributed by atoms with Crippen molar-refractivity contribution in [1.29, 1.82) is 5.26 Å². The summed E-state index contributed by atoms with van der Waals surface area (Å²) in [5.74, 6) is 0. The van der Waals surface area contributed by atoms with Gasteiger partial charge in [0.15, 0.2) is 0 Å². The zero-order valence-corrected chi connectivity index (χ0v) is 31.1. The number of pyridine rings is 2. The maximum atomic E-state index is 10.1. The molecule has 0 amide bonds. The first-order valence-electron chi connectivity index (χ1n) is 17.0. The molecular weight excluding hydrogens is 827 g/mol. The van der Waals surface area contributed by atoms with Gasteiger partial charge in [-0.2, -0.15) is 5.26 Å². The molecule has 0 fully saturated rings. The average Bonchev–Trinajstić information content (AvgIpc) is 3.61. The monoisotopic (exact) mass is 858 g/mol. The Balaban J connectivity index is 0.000000263. The molecule has 5 heteroatoms. The van der Waals surface area contributed by atoms with Gasteiger partial charge in [-0.1, -0.05) is 114 Å². The molecule has 0 spiro atoms. The van der Waals surface area contributed by atoms with Crippen molar-refractivity contribution in [3.8, 4) is 62.0 Å². The van der Waals surface area contributed by atoms with Crippen LogP contribution in [0.2, 0.25) is 0 Å². The number of rotatable bonds is 5. The Hall–Kier alpha value is -6.44. The van der Waals surface area contributed by atoms with E-state index in [9.17, 15) is 5.26 Å². The van der Waals surface area contributed by atoms with Crippen LogP contribution in [0.4, 0.5) is 0 Å². The van der Waals surface area contributed by atoms with Crippen LogP contribution in [0.25, 0.3) is 77.8 Å². The van der Waals surface area contributed by atoms with E-state index in [4.69, 9.17) is 4.42 Å². The first-order valence-corrected chi connectivity index (χ1v) is 17.0. The summed E-state index contributed by atoms with van der Waals surface area (Å²) in [7, 11) is 0. The Morgan fingerprint density at radius 3 is 2.00 bits per heavy atom. The molecule has 6 aromatic carbocycles. The van der Waals surface area contributed by atoms with Crippen molar-refractivity contribution in [3.05, 3.63) is 193 Å². The van der Waals surface area contributed by atoms with Gasteiger partial charge in [0, 0.05) is 43.4 Å². The van der Waals surface area contributed by atoms with Crippen molar-refractivity contribution in [2.24, 2.45) is 0 Å². The van der Waals surface area contributed by atoms with E-state index >= 15 is 0 Å². The molecule has 53 heavy (non-hydrogen) atoms. The van der Waals surface area contributed by atoms with Crippen LogP contribution in [0.15, 0.2) is 175 Å². The van der Waals surface area contributed by atoms with Crippen LogP contribution in [-0.4, -0.2) is 9.97 Å². The van der Waals surface area contributed by atoms with E-state index in [2.05, 4.69) is 94.9 Å². The third kappa shape index (κ3) is 7.34. The molecule has 1 radical (unpaired) electrons. The van der Waals surface area contributed by atoms with Gasteiger partial charge in [-0.05, 0) is 69.9 Å². The molecule has 0 aliphatic rings. The Bertz CT molecular complexity index is 2670. The number of hydrogen-bond acceptors (Lipinski definition) is 4. The fourth-order valence-corrected chi connectivity index (χ4v) is 6.41.